The van der Waals surface area contributed by atoms with Gasteiger partial charge in [0.1, 0.15) is 16.7 Å². The van der Waals surface area contributed by atoms with Gasteiger partial charge in [0.25, 0.3) is 0 Å². The summed E-state index contributed by atoms with van der Waals surface area (Å²) in [7, 11) is -3.94. The Labute approximate surface area is 158 Å². The highest BCUT2D eigenvalue weighted by atomic mass is 32.2. The van der Waals surface area contributed by atoms with Crippen molar-refractivity contribution in [3.8, 4) is 5.75 Å². The molecule has 1 amide bonds. The number of rotatable bonds is 4. The number of carbonyl (C=O) groups is 1. The third kappa shape index (κ3) is 3.55. The van der Waals surface area contributed by atoms with Crippen molar-refractivity contribution < 1.29 is 17.4 Å². The van der Waals surface area contributed by atoms with Crippen LogP contribution in [0.2, 0.25) is 0 Å². The highest BCUT2D eigenvalue weighted by Gasteiger charge is 2.25. The molecular weight excluding hydrogens is 366 g/mol. The van der Waals surface area contributed by atoms with Crippen molar-refractivity contribution in [2.45, 2.75) is 30.3 Å². The second-order valence-corrected chi connectivity index (χ2v) is 8.34. The minimum absolute atomic E-state index is 0.138. The Hall–Kier alpha value is -2.42. The highest BCUT2D eigenvalue weighted by Crippen LogP contribution is 2.29. The average Bonchev–Trinajstić information content (AvgIpc) is 2.66. The molecule has 1 unspecified atom stereocenters. The van der Waals surface area contributed by atoms with E-state index in [1.807, 2.05) is 6.07 Å². The number of nitrogens with one attached hydrogen (secondary N) is 2. The summed E-state index contributed by atoms with van der Waals surface area (Å²) in [6, 6.07) is 9.46. The van der Waals surface area contributed by atoms with E-state index in [-0.39, 0.29) is 10.6 Å². The van der Waals surface area contributed by atoms with Crippen LogP contribution in [0.3, 0.4) is 0 Å². The molecule has 0 bridgehead atoms. The van der Waals surface area contributed by atoms with Crippen molar-refractivity contribution in [2.24, 2.45) is 5.73 Å². The molecule has 27 heavy (non-hydrogen) atoms. The Bertz CT molecular complexity index is 1000. The molecule has 2 aliphatic heterocycles. The van der Waals surface area contributed by atoms with Crippen LogP contribution in [0.15, 0.2) is 41.3 Å². The average molecular weight is 387 g/mol. The van der Waals surface area contributed by atoms with E-state index in [2.05, 4.69) is 10.6 Å². The Morgan fingerprint density at radius 3 is 2.67 bits per heavy atom. The summed E-state index contributed by atoms with van der Waals surface area (Å²) < 4.78 is 30.8. The van der Waals surface area contributed by atoms with Gasteiger partial charge in [0.15, 0.2) is 0 Å². The predicted octanol–water partition coefficient (Wildman–Crippen LogP) is 0.772. The van der Waals surface area contributed by atoms with E-state index in [9.17, 15) is 13.2 Å². The number of carbonyl (C=O) groups excluding carboxylic acids is 1. The van der Waals surface area contributed by atoms with Crippen molar-refractivity contribution in [1.29, 1.82) is 0 Å². The van der Waals surface area contributed by atoms with Gasteiger partial charge in [-0.15, -0.1) is 0 Å². The molecule has 142 valence electrons. The zero-order valence-corrected chi connectivity index (χ0v) is 15.5. The molecule has 0 spiro atoms. The molecule has 0 radical (unpaired) electrons. The van der Waals surface area contributed by atoms with Crippen LogP contribution < -0.4 is 20.6 Å². The third-order valence-electron chi connectivity index (χ3n) is 5.01. The van der Waals surface area contributed by atoms with Gasteiger partial charge in [-0.05, 0) is 65.9 Å². The first-order chi connectivity index (χ1) is 12.9. The number of primary amides is 1. The second kappa shape index (κ2) is 6.95. The van der Waals surface area contributed by atoms with E-state index >= 15 is 0 Å². The molecule has 2 aromatic carbocycles. The van der Waals surface area contributed by atoms with Gasteiger partial charge in [-0.2, -0.15) is 8.42 Å². The number of amides is 1. The van der Waals surface area contributed by atoms with Crippen LogP contribution in [-0.2, 0) is 34.3 Å². The number of hydrogen-bond donors (Lipinski definition) is 3. The summed E-state index contributed by atoms with van der Waals surface area (Å²) in [6.45, 7) is 2.14. The Kier molecular flexibility index (Phi) is 4.63. The summed E-state index contributed by atoms with van der Waals surface area (Å²) >= 11 is 0. The van der Waals surface area contributed by atoms with Gasteiger partial charge < -0.3 is 20.6 Å². The van der Waals surface area contributed by atoms with Crippen LogP contribution in [0.4, 0.5) is 0 Å². The molecule has 4 N–H and O–H groups in total. The molecule has 0 fully saturated rings. The number of fused-ring (bicyclic) bond motifs is 2. The Balaban J connectivity index is 1.61. The predicted molar refractivity (Wildman–Crippen MR) is 99.8 cm³/mol. The zero-order valence-electron chi connectivity index (χ0n) is 14.7. The van der Waals surface area contributed by atoms with Gasteiger partial charge in [-0.1, -0.05) is 12.1 Å². The monoisotopic (exact) mass is 387 g/mol. The molecule has 7 nitrogen and oxygen atoms in total. The van der Waals surface area contributed by atoms with Crippen LogP contribution >= 0.6 is 0 Å². The first-order valence-corrected chi connectivity index (χ1v) is 10.3. The fourth-order valence-corrected chi connectivity index (χ4v) is 4.61. The number of hydrogen-bond acceptors (Lipinski definition) is 6. The van der Waals surface area contributed by atoms with Crippen molar-refractivity contribution in [2.75, 3.05) is 13.1 Å². The van der Waals surface area contributed by atoms with E-state index in [0.29, 0.717) is 19.5 Å². The standard InChI is InChI=1S/C19H21N3O4S/c20-19(23)18-17-4-2-15(9-13(17)6-8-22-18)26-27(24,25)16-3-1-12-5-7-21-11-14(12)10-16/h1-4,9-10,18,21-22H,5-8,11H2,(H2,20,23). The molecule has 8 heteroatoms. The second-order valence-electron chi connectivity index (χ2n) is 6.79. The maximum Gasteiger partial charge on any atom is 0.339 e. The Morgan fingerprint density at radius 1 is 1.04 bits per heavy atom. The maximum atomic E-state index is 12.7. The van der Waals surface area contributed by atoms with Crippen molar-refractivity contribution >= 4 is 16.0 Å². The van der Waals surface area contributed by atoms with Gasteiger partial charge in [0.05, 0.1) is 0 Å². The van der Waals surface area contributed by atoms with E-state index in [4.69, 9.17) is 9.92 Å². The smallest absolute Gasteiger partial charge is 0.339 e. The molecule has 0 saturated heterocycles. The zero-order chi connectivity index (χ0) is 19.0. The lowest BCUT2D eigenvalue weighted by atomic mass is 9.94. The fourth-order valence-electron chi connectivity index (χ4n) is 3.63. The summed E-state index contributed by atoms with van der Waals surface area (Å²) in [4.78, 5) is 11.7. The maximum absolute atomic E-state index is 12.7. The van der Waals surface area contributed by atoms with Crippen molar-refractivity contribution in [3.05, 3.63) is 58.7 Å². The molecular formula is C19H21N3O4S. The first-order valence-electron chi connectivity index (χ1n) is 8.86. The molecule has 0 aromatic heterocycles. The third-order valence-corrected chi connectivity index (χ3v) is 6.25. The Morgan fingerprint density at radius 2 is 1.85 bits per heavy atom. The van der Waals surface area contributed by atoms with E-state index in [1.54, 1.807) is 30.3 Å². The molecule has 2 aromatic rings. The summed E-state index contributed by atoms with van der Waals surface area (Å²) in [6.07, 6.45) is 1.55. The minimum Gasteiger partial charge on any atom is -0.379 e. The topological polar surface area (TPSA) is 111 Å². The SMILES string of the molecule is NC(=O)C1NCCc2cc(OS(=O)(=O)c3ccc4c(c3)CNCC4)ccc21. The van der Waals surface area contributed by atoms with E-state index < -0.39 is 22.1 Å². The van der Waals surface area contributed by atoms with E-state index in [1.165, 1.54) is 0 Å². The quantitative estimate of drug-likeness (QED) is 0.669. The molecule has 2 aliphatic rings. The minimum atomic E-state index is -3.94. The van der Waals surface area contributed by atoms with Gasteiger partial charge in [0.2, 0.25) is 5.91 Å². The fraction of sp³-hybridized carbons (Fsp3) is 0.316. The van der Waals surface area contributed by atoms with Crippen LogP contribution in [0.5, 0.6) is 5.75 Å². The van der Waals surface area contributed by atoms with Gasteiger partial charge in [0, 0.05) is 13.1 Å². The lowest BCUT2D eigenvalue weighted by molar-refractivity contribution is -0.120. The van der Waals surface area contributed by atoms with E-state index in [0.717, 1.165) is 35.2 Å². The summed E-state index contributed by atoms with van der Waals surface area (Å²) in [5.74, 6) is -0.227. The largest absolute Gasteiger partial charge is 0.379 e. The summed E-state index contributed by atoms with van der Waals surface area (Å²) in [5.41, 5.74) is 9.18. The lowest BCUT2D eigenvalue weighted by Crippen LogP contribution is -2.38. The highest BCUT2D eigenvalue weighted by molar-refractivity contribution is 7.87. The molecule has 0 saturated carbocycles. The van der Waals surface area contributed by atoms with Crippen molar-refractivity contribution in [3.63, 3.8) is 0 Å². The molecule has 4 rings (SSSR count). The number of benzene rings is 2. The van der Waals surface area contributed by atoms with Gasteiger partial charge in [-0.3, -0.25) is 4.79 Å². The summed E-state index contributed by atoms with van der Waals surface area (Å²) in [5, 5.41) is 6.30. The normalized spacial score (nSPS) is 19.0. The number of nitrogens with two attached hydrogens (primary N) is 1. The molecule has 2 heterocycles. The first kappa shape index (κ1) is 18.0. The van der Waals surface area contributed by atoms with Gasteiger partial charge >= 0.3 is 10.1 Å². The molecule has 0 aliphatic carbocycles. The van der Waals surface area contributed by atoms with Crippen LogP contribution in [0, 0.1) is 0 Å². The van der Waals surface area contributed by atoms with Crippen LogP contribution in [0.1, 0.15) is 28.3 Å². The molecule has 1 atom stereocenters. The lowest BCUT2D eigenvalue weighted by Gasteiger charge is -2.25. The van der Waals surface area contributed by atoms with Crippen molar-refractivity contribution in [1.82, 2.24) is 10.6 Å². The van der Waals surface area contributed by atoms with Crippen LogP contribution in [-0.4, -0.2) is 27.4 Å². The van der Waals surface area contributed by atoms with Crippen LogP contribution in [0.25, 0.3) is 0 Å². The van der Waals surface area contributed by atoms with Gasteiger partial charge in [-0.25, -0.2) is 0 Å².